The molecule has 0 unspecified atom stereocenters. The number of thiocarbonyl (C=S) groups is 1. The Hall–Kier alpha value is -1.40. The second-order valence-corrected chi connectivity index (χ2v) is 6.10. The highest BCUT2D eigenvalue weighted by Crippen LogP contribution is 2.29. The Morgan fingerprint density at radius 3 is 2.50 bits per heavy atom. The first kappa shape index (κ1) is 15.0. The van der Waals surface area contributed by atoms with Crippen LogP contribution in [0.4, 0.5) is 5.69 Å². The number of unbranched alkanes of at least 4 members (excludes halogenated alkanes) is 1. The minimum absolute atomic E-state index is 0.580. The summed E-state index contributed by atoms with van der Waals surface area (Å²) in [5.74, 6) is 0. The molecule has 2 rings (SSSR count). The number of rotatable bonds is 5. The van der Waals surface area contributed by atoms with Gasteiger partial charge in [0.05, 0.1) is 11.1 Å². The lowest BCUT2D eigenvalue weighted by Crippen LogP contribution is -2.36. The van der Waals surface area contributed by atoms with Gasteiger partial charge in [-0.05, 0) is 50.3 Å². The lowest BCUT2D eigenvalue weighted by molar-refractivity contribution is 0.692. The predicted octanol–water partition coefficient (Wildman–Crippen LogP) is 4.63. The largest absolute Gasteiger partial charge is 0.333 e. The van der Waals surface area contributed by atoms with Crippen molar-refractivity contribution < 1.29 is 0 Å². The lowest BCUT2D eigenvalue weighted by Gasteiger charge is -2.30. The molecule has 1 aliphatic carbocycles. The van der Waals surface area contributed by atoms with Crippen LogP contribution < -0.4 is 4.90 Å². The van der Waals surface area contributed by atoms with Gasteiger partial charge in [0.2, 0.25) is 0 Å². The van der Waals surface area contributed by atoms with E-state index in [1.165, 1.54) is 36.9 Å². The fraction of sp³-hybridized carbons (Fsp3) is 0.529. The van der Waals surface area contributed by atoms with E-state index in [9.17, 15) is 0 Å². The van der Waals surface area contributed by atoms with Crippen molar-refractivity contribution in [2.45, 2.75) is 57.9 Å². The van der Waals surface area contributed by atoms with Crippen molar-refractivity contribution in [3.63, 3.8) is 0 Å². The highest BCUT2D eigenvalue weighted by Gasteiger charge is 2.23. The predicted molar refractivity (Wildman–Crippen MR) is 88.0 cm³/mol. The Balaban J connectivity index is 2.06. The Kier molecular flexibility index (Phi) is 5.55. The summed E-state index contributed by atoms with van der Waals surface area (Å²) < 4.78 is 0. The SMILES string of the molecule is CC(=S)N(c1ccc(CCCC#N)cc1)C1CCCC1. The van der Waals surface area contributed by atoms with Crippen LogP contribution in [-0.2, 0) is 6.42 Å². The standard InChI is InChI=1S/C17H22N2S/c1-14(20)19(16-7-2-3-8-16)17-11-9-15(10-12-17)6-4-5-13-18/h9-12,16H,2-8H2,1H3. The Morgan fingerprint density at radius 2 is 1.95 bits per heavy atom. The number of aryl methyl sites for hydroxylation is 1. The molecule has 0 saturated heterocycles. The number of hydrogen-bond donors (Lipinski definition) is 0. The third kappa shape index (κ3) is 3.80. The van der Waals surface area contributed by atoms with Crippen LogP contribution in [0.25, 0.3) is 0 Å². The molecule has 106 valence electrons. The fourth-order valence-corrected chi connectivity index (χ4v) is 3.26. The van der Waals surface area contributed by atoms with Crippen molar-refractivity contribution in [2.75, 3.05) is 4.90 Å². The van der Waals surface area contributed by atoms with Gasteiger partial charge in [-0.3, -0.25) is 0 Å². The number of nitrogens with zero attached hydrogens (tertiary/aromatic N) is 2. The molecule has 1 fully saturated rings. The minimum Gasteiger partial charge on any atom is -0.333 e. The van der Waals surface area contributed by atoms with Gasteiger partial charge in [-0.2, -0.15) is 5.26 Å². The molecule has 0 heterocycles. The summed E-state index contributed by atoms with van der Waals surface area (Å²) in [6.07, 6.45) is 7.68. The number of nitriles is 1. The first-order valence-electron chi connectivity index (χ1n) is 7.48. The minimum atomic E-state index is 0.580. The average molecular weight is 286 g/mol. The van der Waals surface area contributed by atoms with Gasteiger partial charge in [0, 0.05) is 18.2 Å². The van der Waals surface area contributed by atoms with Crippen LogP contribution in [0, 0.1) is 11.3 Å². The van der Waals surface area contributed by atoms with Gasteiger partial charge in [-0.25, -0.2) is 0 Å². The molecular weight excluding hydrogens is 264 g/mol. The maximum atomic E-state index is 8.57. The summed E-state index contributed by atoms with van der Waals surface area (Å²) in [7, 11) is 0. The van der Waals surface area contributed by atoms with Crippen LogP contribution in [0.2, 0.25) is 0 Å². The normalized spacial score (nSPS) is 15.0. The third-order valence-electron chi connectivity index (χ3n) is 4.00. The molecular formula is C17H22N2S. The highest BCUT2D eigenvalue weighted by molar-refractivity contribution is 7.80. The zero-order chi connectivity index (χ0) is 14.4. The first-order valence-corrected chi connectivity index (χ1v) is 7.89. The van der Waals surface area contributed by atoms with E-state index in [1.54, 1.807) is 0 Å². The fourth-order valence-electron chi connectivity index (χ4n) is 3.01. The van der Waals surface area contributed by atoms with E-state index in [2.05, 4.69) is 35.2 Å². The second kappa shape index (κ2) is 7.40. The van der Waals surface area contributed by atoms with E-state index in [4.69, 9.17) is 17.5 Å². The molecule has 1 saturated carbocycles. The molecule has 0 aromatic heterocycles. The number of anilines is 1. The van der Waals surface area contributed by atoms with E-state index in [0.717, 1.165) is 17.8 Å². The number of benzene rings is 1. The van der Waals surface area contributed by atoms with E-state index in [-0.39, 0.29) is 0 Å². The smallest absolute Gasteiger partial charge is 0.0794 e. The maximum Gasteiger partial charge on any atom is 0.0794 e. The van der Waals surface area contributed by atoms with Crippen LogP contribution in [0.1, 0.15) is 51.0 Å². The van der Waals surface area contributed by atoms with Gasteiger partial charge in [0.25, 0.3) is 0 Å². The Bertz CT molecular complexity index is 481. The van der Waals surface area contributed by atoms with Gasteiger partial charge < -0.3 is 4.90 Å². The molecule has 1 aliphatic rings. The van der Waals surface area contributed by atoms with Gasteiger partial charge in [0.1, 0.15) is 0 Å². The average Bonchev–Trinajstić information content (AvgIpc) is 2.94. The second-order valence-electron chi connectivity index (χ2n) is 5.51. The topological polar surface area (TPSA) is 27.0 Å². The van der Waals surface area contributed by atoms with E-state index in [1.807, 2.05) is 6.92 Å². The molecule has 0 spiro atoms. The molecule has 20 heavy (non-hydrogen) atoms. The summed E-state index contributed by atoms with van der Waals surface area (Å²) in [5.41, 5.74) is 2.52. The van der Waals surface area contributed by atoms with Crippen LogP contribution in [0.5, 0.6) is 0 Å². The van der Waals surface area contributed by atoms with Gasteiger partial charge in [0.15, 0.2) is 0 Å². The Morgan fingerprint density at radius 1 is 1.30 bits per heavy atom. The van der Waals surface area contributed by atoms with Crippen molar-refractivity contribution in [1.29, 1.82) is 5.26 Å². The molecule has 0 radical (unpaired) electrons. The van der Waals surface area contributed by atoms with Crippen molar-refractivity contribution >= 4 is 22.9 Å². The molecule has 3 heteroatoms. The van der Waals surface area contributed by atoms with Crippen LogP contribution in [0.15, 0.2) is 24.3 Å². The van der Waals surface area contributed by atoms with Gasteiger partial charge >= 0.3 is 0 Å². The molecule has 2 nitrogen and oxygen atoms in total. The molecule has 0 aliphatic heterocycles. The third-order valence-corrected chi connectivity index (χ3v) is 4.19. The zero-order valence-corrected chi connectivity index (χ0v) is 13.0. The molecule has 0 atom stereocenters. The van der Waals surface area contributed by atoms with E-state index in [0.29, 0.717) is 12.5 Å². The summed E-state index contributed by atoms with van der Waals surface area (Å²) >= 11 is 5.44. The summed E-state index contributed by atoms with van der Waals surface area (Å²) in [4.78, 5) is 3.29. The summed E-state index contributed by atoms with van der Waals surface area (Å²) in [6.45, 7) is 2.02. The Labute approximate surface area is 127 Å². The molecule has 0 bridgehead atoms. The molecule has 0 amide bonds. The quantitative estimate of drug-likeness (QED) is 0.583. The summed E-state index contributed by atoms with van der Waals surface area (Å²) in [6, 6.07) is 11.5. The van der Waals surface area contributed by atoms with Crippen LogP contribution >= 0.6 is 12.2 Å². The van der Waals surface area contributed by atoms with Crippen molar-refractivity contribution in [3.05, 3.63) is 29.8 Å². The van der Waals surface area contributed by atoms with E-state index < -0.39 is 0 Å². The van der Waals surface area contributed by atoms with Crippen molar-refractivity contribution in [3.8, 4) is 6.07 Å². The highest BCUT2D eigenvalue weighted by atomic mass is 32.1. The molecule has 1 aromatic carbocycles. The first-order chi connectivity index (χ1) is 9.72. The van der Waals surface area contributed by atoms with Crippen LogP contribution in [-0.4, -0.2) is 11.0 Å². The maximum absolute atomic E-state index is 8.57. The van der Waals surface area contributed by atoms with Crippen molar-refractivity contribution in [2.24, 2.45) is 0 Å². The molecule has 0 N–H and O–H groups in total. The monoisotopic (exact) mass is 286 g/mol. The lowest BCUT2D eigenvalue weighted by atomic mass is 10.1. The van der Waals surface area contributed by atoms with E-state index >= 15 is 0 Å². The molecule has 1 aromatic rings. The van der Waals surface area contributed by atoms with Crippen LogP contribution in [0.3, 0.4) is 0 Å². The van der Waals surface area contributed by atoms with Crippen molar-refractivity contribution in [1.82, 2.24) is 0 Å². The van der Waals surface area contributed by atoms with Gasteiger partial charge in [-0.15, -0.1) is 0 Å². The van der Waals surface area contributed by atoms with Gasteiger partial charge in [-0.1, -0.05) is 37.2 Å². The number of hydrogen-bond acceptors (Lipinski definition) is 2. The zero-order valence-electron chi connectivity index (χ0n) is 12.1. The summed E-state index contributed by atoms with van der Waals surface area (Å²) in [5, 5.41) is 8.57.